The van der Waals surface area contributed by atoms with Gasteiger partial charge in [-0.2, -0.15) is 11.3 Å². The Morgan fingerprint density at radius 3 is 2.68 bits per heavy atom. The maximum Gasteiger partial charge on any atom is 0.410 e. The Hall–Kier alpha value is -1.07. The highest BCUT2D eigenvalue weighted by Crippen LogP contribution is 2.21. The first-order chi connectivity index (χ1) is 10.3. The monoisotopic (exact) mass is 324 g/mol. The normalized spacial score (nSPS) is 18.3. The molecule has 0 aromatic carbocycles. The van der Waals surface area contributed by atoms with Gasteiger partial charge in [0.15, 0.2) is 0 Å². The SMILES string of the molecule is CC(NCC1CCN(C(=O)OC(C)(C)C)CC1)c1ccsc1. The second-order valence-electron chi connectivity index (χ2n) is 7.10. The van der Waals surface area contributed by atoms with Gasteiger partial charge < -0.3 is 15.0 Å². The molecule has 124 valence electrons. The van der Waals surface area contributed by atoms with Crippen molar-refractivity contribution in [3.05, 3.63) is 22.4 Å². The number of nitrogens with one attached hydrogen (secondary N) is 1. The Bertz CT molecular complexity index is 460. The number of nitrogens with zero attached hydrogens (tertiary/aromatic N) is 1. The number of hydrogen-bond donors (Lipinski definition) is 1. The minimum Gasteiger partial charge on any atom is -0.444 e. The second-order valence-corrected chi connectivity index (χ2v) is 7.88. The molecule has 1 fully saturated rings. The molecular formula is C17H28N2O2S. The Labute approximate surface area is 137 Å². The van der Waals surface area contributed by atoms with E-state index in [1.165, 1.54) is 5.56 Å². The molecule has 1 amide bonds. The molecule has 1 saturated heterocycles. The van der Waals surface area contributed by atoms with Crippen molar-refractivity contribution in [3.63, 3.8) is 0 Å². The van der Waals surface area contributed by atoms with Crippen LogP contribution in [0.15, 0.2) is 16.8 Å². The fourth-order valence-corrected chi connectivity index (χ4v) is 3.38. The zero-order chi connectivity index (χ0) is 16.2. The molecule has 1 aromatic rings. The Morgan fingerprint density at radius 1 is 1.45 bits per heavy atom. The minimum atomic E-state index is -0.411. The minimum absolute atomic E-state index is 0.175. The molecule has 1 aliphatic heterocycles. The van der Waals surface area contributed by atoms with Crippen LogP contribution < -0.4 is 5.32 Å². The van der Waals surface area contributed by atoms with Gasteiger partial charge in [-0.15, -0.1) is 0 Å². The highest BCUT2D eigenvalue weighted by molar-refractivity contribution is 7.07. The summed E-state index contributed by atoms with van der Waals surface area (Å²) in [5, 5.41) is 7.92. The molecule has 1 N–H and O–H groups in total. The van der Waals surface area contributed by atoms with Crippen LogP contribution in [0.2, 0.25) is 0 Å². The van der Waals surface area contributed by atoms with Gasteiger partial charge in [0.2, 0.25) is 0 Å². The van der Waals surface area contributed by atoms with Gasteiger partial charge in [-0.25, -0.2) is 4.79 Å². The summed E-state index contributed by atoms with van der Waals surface area (Å²) in [7, 11) is 0. The van der Waals surface area contributed by atoms with Crippen LogP contribution >= 0.6 is 11.3 Å². The predicted octanol–water partition coefficient (Wildman–Crippen LogP) is 4.05. The summed E-state index contributed by atoms with van der Waals surface area (Å²) in [4.78, 5) is 13.9. The lowest BCUT2D eigenvalue weighted by Gasteiger charge is -2.34. The fourth-order valence-electron chi connectivity index (χ4n) is 2.63. The van der Waals surface area contributed by atoms with E-state index in [0.29, 0.717) is 12.0 Å². The van der Waals surface area contributed by atoms with E-state index in [1.807, 2.05) is 25.7 Å². The molecule has 5 heteroatoms. The molecule has 0 saturated carbocycles. The summed E-state index contributed by atoms with van der Waals surface area (Å²) in [6, 6.07) is 2.57. The third kappa shape index (κ3) is 5.29. The molecule has 1 aliphatic rings. The summed E-state index contributed by atoms with van der Waals surface area (Å²) in [6.45, 7) is 10.5. The second kappa shape index (κ2) is 7.47. The molecule has 1 unspecified atom stereocenters. The molecule has 0 radical (unpaired) electrons. The number of hydrogen-bond acceptors (Lipinski definition) is 4. The van der Waals surface area contributed by atoms with E-state index < -0.39 is 5.60 Å². The van der Waals surface area contributed by atoms with Gasteiger partial charge in [-0.05, 0) is 75.4 Å². The lowest BCUT2D eigenvalue weighted by atomic mass is 9.96. The van der Waals surface area contributed by atoms with Crippen LogP contribution in [0.25, 0.3) is 0 Å². The van der Waals surface area contributed by atoms with Crippen molar-refractivity contribution >= 4 is 17.4 Å². The van der Waals surface area contributed by atoms with E-state index in [1.54, 1.807) is 11.3 Å². The number of thiophene rings is 1. The Kier molecular flexibility index (Phi) is 5.87. The number of ether oxygens (including phenoxy) is 1. The number of amides is 1. The van der Waals surface area contributed by atoms with Crippen molar-refractivity contribution in [2.24, 2.45) is 5.92 Å². The summed E-state index contributed by atoms with van der Waals surface area (Å²) < 4.78 is 5.43. The predicted molar refractivity (Wildman–Crippen MR) is 91.3 cm³/mol. The van der Waals surface area contributed by atoms with E-state index in [0.717, 1.165) is 32.5 Å². The number of likely N-dealkylation sites (tertiary alicyclic amines) is 1. The summed E-state index contributed by atoms with van der Waals surface area (Å²) >= 11 is 1.74. The molecule has 4 nitrogen and oxygen atoms in total. The van der Waals surface area contributed by atoms with Crippen molar-refractivity contribution in [2.45, 2.75) is 52.2 Å². The van der Waals surface area contributed by atoms with Crippen molar-refractivity contribution in [1.29, 1.82) is 0 Å². The van der Waals surface area contributed by atoms with E-state index in [-0.39, 0.29) is 6.09 Å². The standard InChI is InChI=1S/C17H28N2O2S/c1-13(15-7-10-22-12-15)18-11-14-5-8-19(9-6-14)16(20)21-17(2,3)4/h7,10,12-14,18H,5-6,8-9,11H2,1-4H3. The quantitative estimate of drug-likeness (QED) is 0.908. The molecule has 1 atom stereocenters. The van der Waals surface area contributed by atoms with Crippen LogP contribution in [-0.4, -0.2) is 36.2 Å². The maximum atomic E-state index is 12.0. The number of piperidine rings is 1. The third-order valence-corrected chi connectivity index (χ3v) is 4.72. The highest BCUT2D eigenvalue weighted by atomic mass is 32.1. The van der Waals surface area contributed by atoms with Crippen LogP contribution in [0.3, 0.4) is 0 Å². The molecule has 0 spiro atoms. The van der Waals surface area contributed by atoms with Crippen molar-refractivity contribution in [2.75, 3.05) is 19.6 Å². The van der Waals surface area contributed by atoms with Gasteiger partial charge in [0, 0.05) is 19.1 Å². The van der Waals surface area contributed by atoms with Crippen LogP contribution in [0.1, 0.15) is 52.1 Å². The summed E-state index contributed by atoms with van der Waals surface area (Å²) in [5.74, 6) is 0.639. The molecule has 0 bridgehead atoms. The van der Waals surface area contributed by atoms with E-state index >= 15 is 0 Å². The fraction of sp³-hybridized carbons (Fsp3) is 0.706. The Balaban J connectivity index is 1.70. The largest absolute Gasteiger partial charge is 0.444 e. The van der Waals surface area contributed by atoms with Gasteiger partial charge in [-0.1, -0.05) is 0 Å². The smallest absolute Gasteiger partial charge is 0.410 e. The molecular weight excluding hydrogens is 296 g/mol. The first kappa shape index (κ1) is 17.3. The average molecular weight is 324 g/mol. The molecule has 0 aliphatic carbocycles. The van der Waals surface area contributed by atoms with Crippen molar-refractivity contribution < 1.29 is 9.53 Å². The first-order valence-electron chi connectivity index (χ1n) is 8.08. The number of carbonyl (C=O) groups is 1. The zero-order valence-corrected chi connectivity index (χ0v) is 14.9. The lowest BCUT2D eigenvalue weighted by Crippen LogP contribution is -2.43. The maximum absolute atomic E-state index is 12.0. The summed E-state index contributed by atoms with van der Waals surface area (Å²) in [5.41, 5.74) is 0.946. The number of carbonyl (C=O) groups excluding carboxylic acids is 1. The Morgan fingerprint density at radius 2 is 2.14 bits per heavy atom. The van der Waals surface area contributed by atoms with Gasteiger partial charge in [0.05, 0.1) is 0 Å². The summed E-state index contributed by atoms with van der Waals surface area (Å²) in [6.07, 6.45) is 1.91. The van der Waals surface area contributed by atoms with Crippen LogP contribution in [-0.2, 0) is 4.74 Å². The van der Waals surface area contributed by atoms with Gasteiger partial charge in [-0.3, -0.25) is 0 Å². The highest BCUT2D eigenvalue weighted by Gasteiger charge is 2.26. The van der Waals surface area contributed by atoms with Gasteiger partial charge >= 0.3 is 6.09 Å². The third-order valence-electron chi connectivity index (χ3n) is 4.02. The number of rotatable bonds is 4. The van der Waals surface area contributed by atoms with Gasteiger partial charge in [0.1, 0.15) is 5.60 Å². The molecule has 2 heterocycles. The average Bonchev–Trinajstić information content (AvgIpc) is 2.97. The van der Waals surface area contributed by atoms with Crippen LogP contribution in [0.5, 0.6) is 0 Å². The molecule has 2 rings (SSSR count). The van der Waals surface area contributed by atoms with Crippen LogP contribution in [0.4, 0.5) is 4.79 Å². The van der Waals surface area contributed by atoms with E-state index in [4.69, 9.17) is 4.74 Å². The topological polar surface area (TPSA) is 41.6 Å². The van der Waals surface area contributed by atoms with E-state index in [9.17, 15) is 4.79 Å². The van der Waals surface area contributed by atoms with Crippen molar-refractivity contribution in [3.8, 4) is 0 Å². The van der Waals surface area contributed by atoms with Gasteiger partial charge in [0.25, 0.3) is 0 Å². The first-order valence-corrected chi connectivity index (χ1v) is 9.03. The molecule has 22 heavy (non-hydrogen) atoms. The van der Waals surface area contributed by atoms with E-state index in [2.05, 4.69) is 29.1 Å². The lowest BCUT2D eigenvalue weighted by molar-refractivity contribution is 0.0183. The van der Waals surface area contributed by atoms with Crippen molar-refractivity contribution in [1.82, 2.24) is 10.2 Å². The zero-order valence-electron chi connectivity index (χ0n) is 14.1. The van der Waals surface area contributed by atoms with Crippen LogP contribution in [0, 0.1) is 5.92 Å². The molecule has 1 aromatic heterocycles.